The molecular formula is C25H21Cl3F4N2O3. The quantitative estimate of drug-likeness (QED) is 0.247. The highest BCUT2D eigenvalue weighted by atomic mass is 35.5. The van der Waals surface area contributed by atoms with E-state index in [1.807, 2.05) is 20.8 Å². The number of benzene rings is 2. The molecule has 0 aliphatic carbocycles. The van der Waals surface area contributed by atoms with Crippen LogP contribution in [-0.4, -0.2) is 30.2 Å². The standard InChI is InChI=1S/C25H21Cl3F4N2O3/c1-23(2,3)10-18-24(11-33,14-6-5-13(26)9-17(14)29)19(12-4-7-15(27)16(28)8-12)20(34-18)21(35)37-22(36)25(30,31)32/h4-9,18-20,34H,10H2,1-3H3/t18-,19-,20+,24-/m0/s1. The third-order valence-corrected chi connectivity index (χ3v) is 7.09. The minimum Gasteiger partial charge on any atom is -0.385 e. The zero-order valence-corrected chi connectivity index (χ0v) is 22.0. The highest BCUT2D eigenvalue weighted by Crippen LogP contribution is 2.52. The maximum Gasteiger partial charge on any atom is 0.491 e. The van der Waals surface area contributed by atoms with Crippen LogP contribution >= 0.6 is 34.8 Å². The van der Waals surface area contributed by atoms with Crippen LogP contribution in [0.4, 0.5) is 17.6 Å². The van der Waals surface area contributed by atoms with Crippen molar-refractivity contribution in [3.63, 3.8) is 0 Å². The molecule has 2 aromatic carbocycles. The van der Waals surface area contributed by atoms with Gasteiger partial charge in [-0.15, -0.1) is 0 Å². The number of nitrogens with zero attached hydrogens (tertiary/aromatic N) is 1. The van der Waals surface area contributed by atoms with Crippen molar-refractivity contribution in [3.05, 3.63) is 68.4 Å². The van der Waals surface area contributed by atoms with Gasteiger partial charge < -0.3 is 4.74 Å². The number of ether oxygens (including phenoxy) is 1. The molecule has 1 heterocycles. The van der Waals surface area contributed by atoms with E-state index in [2.05, 4.69) is 16.1 Å². The fraction of sp³-hybridized carbons (Fsp3) is 0.400. The van der Waals surface area contributed by atoms with Crippen molar-refractivity contribution in [2.75, 3.05) is 0 Å². The van der Waals surface area contributed by atoms with E-state index in [1.165, 1.54) is 30.3 Å². The Bertz CT molecular complexity index is 1270. The molecule has 1 N–H and O–H groups in total. The summed E-state index contributed by atoms with van der Waals surface area (Å²) in [6.07, 6.45) is -5.26. The summed E-state index contributed by atoms with van der Waals surface area (Å²) in [6.45, 7) is 5.51. The Balaban J connectivity index is 2.31. The first-order chi connectivity index (χ1) is 17.0. The smallest absolute Gasteiger partial charge is 0.385 e. The van der Waals surface area contributed by atoms with Gasteiger partial charge in [0.2, 0.25) is 0 Å². The number of esters is 2. The lowest BCUT2D eigenvalue weighted by molar-refractivity contribution is -0.202. The zero-order valence-electron chi connectivity index (χ0n) is 19.7. The normalized spacial score (nSPS) is 24.0. The van der Waals surface area contributed by atoms with Crippen LogP contribution in [0.5, 0.6) is 0 Å². The highest BCUT2D eigenvalue weighted by molar-refractivity contribution is 6.42. The second-order valence-corrected chi connectivity index (χ2v) is 11.2. The van der Waals surface area contributed by atoms with Crippen molar-refractivity contribution < 1.29 is 31.9 Å². The second kappa shape index (κ2) is 10.4. The number of alkyl halides is 3. The van der Waals surface area contributed by atoms with Gasteiger partial charge in [-0.05, 0) is 41.7 Å². The predicted molar refractivity (Wildman–Crippen MR) is 130 cm³/mol. The molecule has 0 bridgehead atoms. The Hall–Kier alpha value is -2.38. The molecule has 0 spiro atoms. The fourth-order valence-corrected chi connectivity index (χ4v) is 5.19. The third kappa shape index (κ3) is 5.88. The number of hydrogen-bond acceptors (Lipinski definition) is 5. The van der Waals surface area contributed by atoms with Crippen LogP contribution in [0.25, 0.3) is 0 Å². The van der Waals surface area contributed by atoms with Gasteiger partial charge in [-0.1, -0.05) is 67.7 Å². The van der Waals surface area contributed by atoms with E-state index in [-0.39, 0.29) is 32.6 Å². The van der Waals surface area contributed by atoms with Crippen molar-refractivity contribution in [2.45, 2.75) is 56.8 Å². The molecule has 0 saturated carbocycles. The Labute approximate surface area is 225 Å². The summed E-state index contributed by atoms with van der Waals surface area (Å²) in [5.74, 6) is -6.50. The first kappa shape index (κ1) is 29.2. The van der Waals surface area contributed by atoms with Gasteiger partial charge in [0.1, 0.15) is 17.3 Å². The Morgan fingerprint density at radius 2 is 1.73 bits per heavy atom. The lowest BCUT2D eigenvalue weighted by Gasteiger charge is -2.37. The summed E-state index contributed by atoms with van der Waals surface area (Å²) in [6, 6.07) is 7.27. The summed E-state index contributed by atoms with van der Waals surface area (Å²) in [5, 5.41) is 13.7. The summed E-state index contributed by atoms with van der Waals surface area (Å²) >= 11 is 18.2. The van der Waals surface area contributed by atoms with E-state index in [0.29, 0.717) is 0 Å². The molecule has 0 unspecified atom stereocenters. The summed E-state index contributed by atoms with van der Waals surface area (Å²) in [7, 11) is 0. The Morgan fingerprint density at radius 1 is 1.08 bits per heavy atom. The fourth-order valence-electron chi connectivity index (χ4n) is 4.72. The van der Waals surface area contributed by atoms with E-state index in [1.54, 1.807) is 0 Å². The van der Waals surface area contributed by atoms with Gasteiger partial charge in [0.15, 0.2) is 0 Å². The van der Waals surface area contributed by atoms with E-state index < -0.39 is 52.8 Å². The average Bonchev–Trinajstić information content (AvgIpc) is 3.08. The van der Waals surface area contributed by atoms with Crippen LogP contribution in [0.15, 0.2) is 36.4 Å². The minimum atomic E-state index is -5.44. The Morgan fingerprint density at radius 3 is 2.24 bits per heavy atom. The lowest BCUT2D eigenvalue weighted by Crippen LogP contribution is -2.44. The van der Waals surface area contributed by atoms with Crippen LogP contribution in [0.2, 0.25) is 15.1 Å². The maximum absolute atomic E-state index is 15.4. The molecule has 2 aromatic rings. The number of rotatable bonds is 4. The van der Waals surface area contributed by atoms with Crippen LogP contribution in [0.3, 0.4) is 0 Å². The van der Waals surface area contributed by atoms with Crippen LogP contribution < -0.4 is 5.32 Å². The topological polar surface area (TPSA) is 79.2 Å². The van der Waals surface area contributed by atoms with Crippen LogP contribution in [-0.2, 0) is 19.7 Å². The van der Waals surface area contributed by atoms with Crippen molar-refractivity contribution in [3.8, 4) is 6.07 Å². The van der Waals surface area contributed by atoms with Crippen molar-refractivity contribution in [1.29, 1.82) is 5.26 Å². The third-order valence-electron chi connectivity index (χ3n) is 6.11. The summed E-state index contributed by atoms with van der Waals surface area (Å²) in [5.41, 5.74) is -2.32. The first-order valence-corrected chi connectivity index (χ1v) is 12.1. The minimum absolute atomic E-state index is 0.0281. The molecule has 0 radical (unpaired) electrons. The molecule has 1 saturated heterocycles. The number of halogens is 7. The van der Waals surface area contributed by atoms with Gasteiger partial charge in [-0.3, -0.25) is 5.32 Å². The van der Waals surface area contributed by atoms with Gasteiger partial charge in [-0.25, -0.2) is 14.0 Å². The van der Waals surface area contributed by atoms with E-state index in [9.17, 15) is 28.0 Å². The van der Waals surface area contributed by atoms with Gasteiger partial charge >= 0.3 is 18.1 Å². The molecule has 3 rings (SSSR count). The van der Waals surface area contributed by atoms with Crippen LogP contribution in [0, 0.1) is 22.6 Å². The van der Waals surface area contributed by atoms with Gasteiger partial charge in [-0.2, -0.15) is 18.4 Å². The van der Waals surface area contributed by atoms with Crippen LogP contribution in [0.1, 0.15) is 44.2 Å². The number of carbonyl (C=O) groups excluding carboxylic acids is 2. The molecular weight excluding hydrogens is 559 g/mol. The van der Waals surface area contributed by atoms with Gasteiger partial charge in [0.25, 0.3) is 0 Å². The number of hydrogen-bond donors (Lipinski definition) is 1. The maximum atomic E-state index is 15.4. The molecule has 0 amide bonds. The monoisotopic (exact) mass is 578 g/mol. The van der Waals surface area contributed by atoms with Gasteiger partial charge in [0.05, 0.1) is 16.1 Å². The largest absolute Gasteiger partial charge is 0.491 e. The summed E-state index contributed by atoms with van der Waals surface area (Å²) in [4.78, 5) is 24.5. The lowest BCUT2D eigenvalue weighted by atomic mass is 9.63. The van der Waals surface area contributed by atoms with Crippen molar-refractivity contribution in [2.24, 2.45) is 5.41 Å². The van der Waals surface area contributed by atoms with Gasteiger partial charge in [0, 0.05) is 22.5 Å². The number of nitrogens with one attached hydrogen (secondary N) is 1. The molecule has 0 aromatic heterocycles. The van der Waals surface area contributed by atoms with Crippen molar-refractivity contribution >= 4 is 46.7 Å². The molecule has 1 aliphatic heterocycles. The molecule has 1 fully saturated rings. The molecule has 198 valence electrons. The molecule has 5 nitrogen and oxygen atoms in total. The molecule has 4 atom stereocenters. The zero-order chi connectivity index (χ0) is 27.9. The van der Waals surface area contributed by atoms with Crippen molar-refractivity contribution in [1.82, 2.24) is 5.32 Å². The SMILES string of the molecule is CC(C)(C)C[C@@H]1N[C@@H](C(=O)OC(=O)C(F)(F)F)[C@H](c2ccc(Cl)c(Cl)c2)[C@@]1(C#N)c1ccc(Cl)cc1F. The van der Waals surface area contributed by atoms with E-state index in [0.717, 1.165) is 6.07 Å². The Kier molecular flexibility index (Phi) is 8.21. The molecule has 12 heteroatoms. The number of nitriles is 1. The van der Waals surface area contributed by atoms with E-state index >= 15 is 4.39 Å². The molecule has 1 aliphatic rings. The predicted octanol–water partition coefficient (Wildman–Crippen LogP) is 6.74. The highest BCUT2D eigenvalue weighted by Gasteiger charge is 2.61. The number of carbonyl (C=O) groups is 2. The molecule has 37 heavy (non-hydrogen) atoms. The van der Waals surface area contributed by atoms with E-state index in [4.69, 9.17) is 34.8 Å². The second-order valence-electron chi connectivity index (χ2n) is 9.92. The first-order valence-electron chi connectivity index (χ1n) is 10.9. The summed E-state index contributed by atoms with van der Waals surface area (Å²) < 4.78 is 58.3. The average molecular weight is 580 g/mol.